The molecule has 0 aromatic rings. The summed E-state index contributed by atoms with van der Waals surface area (Å²) in [5.41, 5.74) is 4.65. The summed E-state index contributed by atoms with van der Waals surface area (Å²) in [4.78, 5) is 11.1. The zero-order valence-electron chi connectivity index (χ0n) is 7.92. The second-order valence-corrected chi connectivity index (χ2v) is 3.49. The first-order valence-electron chi connectivity index (χ1n) is 4.13. The molecule has 0 rings (SSSR count). The van der Waals surface area contributed by atoms with Crippen LogP contribution in [0, 0.1) is 0 Å². The van der Waals surface area contributed by atoms with Crippen LogP contribution in [0.4, 0.5) is 0 Å². The summed E-state index contributed by atoms with van der Waals surface area (Å²) in [6, 6.07) is 0. The Morgan fingerprint density at radius 2 is 2.17 bits per heavy atom. The molecule has 1 atom stereocenters. The molecule has 0 aromatic heterocycles. The van der Waals surface area contributed by atoms with Gasteiger partial charge in [0.2, 0.25) is 5.91 Å². The van der Waals surface area contributed by atoms with E-state index in [2.05, 4.69) is 5.32 Å². The number of nitrogens with one attached hydrogen (secondary N) is 1. The van der Waals surface area contributed by atoms with Crippen LogP contribution in [0.1, 0.15) is 27.2 Å². The van der Waals surface area contributed by atoms with Gasteiger partial charge in [-0.1, -0.05) is 6.92 Å². The van der Waals surface area contributed by atoms with Crippen LogP contribution in [0.5, 0.6) is 0 Å². The molecule has 4 nitrogen and oxygen atoms in total. The molecule has 0 aliphatic carbocycles. The minimum absolute atomic E-state index is 0.241. The Bertz CT molecular complexity index is 152. The fraction of sp³-hybridized carbons (Fsp3) is 0.875. The Hall–Kier alpha value is -0.610. The molecule has 0 saturated heterocycles. The second kappa shape index (κ2) is 4.42. The maximum atomic E-state index is 11.1. The number of carbonyl (C=O) groups is 1. The van der Waals surface area contributed by atoms with E-state index in [0.717, 1.165) is 0 Å². The summed E-state index contributed by atoms with van der Waals surface area (Å²) in [6.45, 7) is 5.38. The van der Waals surface area contributed by atoms with Crippen molar-refractivity contribution in [1.29, 1.82) is 0 Å². The van der Waals surface area contributed by atoms with Crippen molar-refractivity contribution in [2.75, 3.05) is 6.54 Å². The van der Waals surface area contributed by atoms with Gasteiger partial charge >= 0.3 is 0 Å². The average Bonchev–Trinajstić information content (AvgIpc) is 1.97. The predicted molar refractivity (Wildman–Crippen MR) is 47.6 cm³/mol. The minimum atomic E-state index is -0.868. The van der Waals surface area contributed by atoms with Crippen LogP contribution in [0.25, 0.3) is 0 Å². The van der Waals surface area contributed by atoms with E-state index in [9.17, 15) is 4.79 Å². The lowest BCUT2D eigenvalue weighted by atomic mass is 10.1. The number of aliphatic hydroxyl groups excluding tert-OH is 1. The molecule has 0 heterocycles. The van der Waals surface area contributed by atoms with Crippen molar-refractivity contribution < 1.29 is 9.90 Å². The lowest BCUT2D eigenvalue weighted by molar-refractivity contribution is -0.125. The molecule has 0 aromatic carbocycles. The Morgan fingerprint density at radius 3 is 2.50 bits per heavy atom. The predicted octanol–water partition coefficient (Wildman–Crippen LogP) is -0.389. The summed E-state index contributed by atoms with van der Waals surface area (Å²) >= 11 is 0. The maximum Gasteiger partial charge on any atom is 0.239 e. The van der Waals surface area contributed by atoms with Gasteiger partial charge in [0.1, 0.15) is 0 Å². The molecule has 1 unspecified atom stereocenters. The molecule has 0 saturated carbocycles. The van der Waals surface area contributed by atoms with E-state index in [4.69, 9.17) is 10.8 Å². The summed E-state index contributed by atoms with van der Waals surface area (Å²) in [5.74, 6) is -0.241. The highest BCUT2D eigenvalue weighted by Crippen LogP contribution is 1.96. The summed E-state index contributed by atoms with van der Waals surface area (Å²) in [7, 11) is 0. The molecule has 4 N–H and O–H groups in total. The first-order chi connectivity index (χ1) is 5.38. The van der Waals surface area contributed by atoms with Gasteiger partial charge in [-0.3, -0.25) is 4.79 Å². The quantitative estimate of drug-likeness (QED) is 0.543. The van der Waals surface area contributed by atoms with Crippen LogP contribution in [0.2, 0.25) is 0 Å². The van der Waals surface area contributed by atoms with Crippen molar-refractivity contribution in [2.45, 2.75) is 38.8 Å². The smallest absolute Gasteiger partial charge is 0.239 e. The molecule has 4 heteroatoms. The van der Waals surface area contributed by atoms with Gasteiger partial charge in [-0.25, -0.2) is 0 Å². The third kappa shape index (κ3) is 4.31. The van der Waals surface area contributed by atoms with Crippen LogP contribution >= 0.6 is 0 Å². The van der Waals surface area contributed by atoms with Crippen molar-refractivity contribution in [3.8, 4) is 0 Å². The molecule has 72 valence electrons. The van der Waals surface area contributed by atoms with Crippen LogP contribution in [-0.2, 0) is 4.79 Å². The van der Waals surface area contributed by atoms with Gasteiger partial charge in [0.05, 0.1) is 11.6 Å². The third-order valence-electron chi connectivity index (χ3n) is 1.55. The first kappa shape index (κ1) is 11.4. The van der Waals surface area contributed by atoms with Crippen LogP contribution < -0.4 is 11.1 Å². The molecular weight excluding hydrogens is 156 g/mol. The van der Waals surface area contributed by atoms with Gasteiger partial charge in [-0.15, -0.1) is 0 Å². The maximum absolute atomic E-state index is 11.1. The van der Waals surface area contributed by atoms with Crippen LogP contribution in [0.15, 0.2) is 0 Å². The van der Waals surface area contributed by atoms with Crippen molar-refractivity contribution in [3.05, 3.63) is 0 Å². The molecule has 0 spiro atoms. The number of rotatable bonds is 4. The fourth-order valence-corrected chi connectivity index (χ4v) is 0.583. The van der Waals surface area contributed by atoms with Crippen LogP contribution in [-0.4, -0.2) is 29.2 Å². The van der Waals surface area contributed by atoms with E-state index in [0.29, 0.717) is 6.42 Å². The van der Waals surface area contributed by atoms with Gasteiger partial charge in [-0.2, -0.15) is 0 Å². The summed E-state index contributed by atoms with van der Waals surface area (Å²) in [5, 5.41) is 11.7. The molecule has 12 heavy (non-hydrogen) atoms. The van der Waals surface area contributed by atoms with Crippen molar-refractivity contribution in [1.82, 2.24) is 5.32 Å². The average molecular weight is 174 g/mol. The largest absolute Gasteiger partial charge is 0.391 e. The van der Waals surface area contributed by atoms with Crippen LogP contribution in [0.3, 0.4) is 0 Å². The highest BCUT2D eigenvalue weighted by molar-refractivity contribution is 5.84. The third-order valence-corrected chi connectivity index (χ3v) is 1.55. The number of hydrogen-bond acceptors (Lipinski definition) is 3. The zero-order chi connectivity index (χ0) is 9.78. The van der Waals surface area contributed by atoms with Crippen molar-refractivity contribution in [3.63, 3.8) is 0 Å². The molecule has 0 radical (unpaired) electrons. The van der Waals surface area contributed by atoms with E-state index >= 15 is 0 Å². The van der Waals surface area contributed by atoms with E-state index in [-0.39, 0.29) is 12.5 Å². The molecule has 0 fully saturated rings. The number of amides is 1. The standard InChI is InChI=1S/C8H18N2O2/c1-4-6(11)5-10-7(12)8(2,3)9/h6,11H,4-5,9H2,1-3H3,(H,10,12). The van der Waals surface area contributed by atoms with Gasteiger partial charge in [0.25, 0.3) is 0 Å². The number of nitrogens with two attached hydrogens (primary N) is 1. The van der Waals surface area contributed by atoms with Gasteiger partial charge in [-0.05, 0) is 20.3 Å². The summed E-state index contributed by atoms with van der Waals surface area (Å²) < 4.78 is 0. The molecule has 0 aliphatic heterocycles. The Balaban J connectivity index is 3.73. The first-order valence-corrected chi connectivity index (χ1v) is 4.13. The highest BCUT2D eigenvalue weighted by atomic mass is 16.3. The molecular formula is C8H18N2O2. The zero-order valence-corrected chi connectivity index (χ0v) is 7.92. The Morgan fingerprint density at radius 1 is 1.67 bits per heavy atom. The summed E-state index contributed by atoms with van der Waals surface area (Å²) in [6.07, 6.45) is 0.155. The number of aliphatic hydroxyl groups is 1. The normalized spacial score (nSPS) is 14.1. The Labute approximate surface area is 73.1 Å². The number of hydrogen-bond donors (Lipinski definition) is 3. The highest BCUT2D eigenvalue weighted by Gasteiger charge is 2.21. The van der Waals surface area contributed by atoms with E-state index < -0.39 is 11.6 Å². The van der Waals surface area contributed by atoms with Gasteiger partial charge in [0, 0.05) is 6.54 Å². The Kier molecular flexibility index (Phi) is 4.20. The number of carbonyl (C=O) groups excluding carboxylic acids is 1. The van der Waals surface area contributed by atoms with Gasteiger partial charge < -0.3 is 16.2 Å². The lowest BCUT2D eigenvalue weighted by Crippen LogP contribution is -2.50. The topological polar surface area (TPSA) is 75.3 Å². The van der Waals surface area contributed by atoms with E-state index in [1.165, 1.54) is 0 Å². The van der Waals surface area contributed by atoms with E-state index in [1.807, 2.05) is 6.92 Å². The monoisotopic (exact) mass is 174 g/mol. The molecule has 0 aliphatic rings. The van der Waals surface area contributed by atoms with E-state index in [1.54, 1.807) is 13.8 Å². The SMILES string of the molecule is CCC(O)CNC(=O)C(C)(C)N. The molecule has 1 amide bonds. The van der Waals surface area contributed by atoms with Gasteiger partial charge in [0.15, 0.2) is 0 Å². The molecule has 0 bridgehead atoms. The fourth-order valence-electron chi connectivity index (χ4n) is 0.583. The van der Waals surface area contributed by atoms with Crippen molar-refractivity contribution >= 4 is 5.91 Å². The minimum Gasteiger partial charge on any atom is -0.391 e. The van der Waals surface area contributed by atoms with Crippen molar-refractivity contribution in [2.24, 2.45) is 5.73 Å². The second-order valence-electron chi connectivity index (χ2n) is 3.49. The lowest BCUT2D eigenvalue weighted by Gasteiger charge is -2.18.